The van der Waals surface area contributed by atoms with Gasteiger partial charge < -0.3 is 19.7 Å². The largest absolute Gasteiger partial charge is 0.481 e. The van der Waals surface area contributed by atoms with Crippen LogP contribution < -0.4 is 0 Å². The Kier molecular flexibility index (Phi) is 8.73. The van der Waals surface area contributed by atoms with E-state index in [-0.39, 0.29) is 24.2 Å². The van der Waals surface area contributed by atoms with Gasteiger partial charge in [-0.3, -0.25) is 9.59 Å². The number of carboxylic acid groups (broad SMARTS) is 1. The summed E-state index contributed by atoms with van der Waals surface area (Å²) in [4.78, 5) is 37.0. The molecule has 7 heteroatoms. The quantitative estimate of drug-likeness (QED) is 0.292. The molecule has 3 rings (SSSR count). The molecule has 2 N–H and O–H groups in total. The van der Waals surface area contributed by atoms with Crippen LogP contribution in [0.25, 0.3) is 11.1 Å². The van der Waals surface area contributed by atoms with Crippen LogP contribution in [0.2, 0.25) is 0 Å². The molecule has 0 spiro atoms. The van der Waals surface area contributed by atoms with E-state index in [4.69, 9.17) is 9.47 Å². The van der Waals surface area contributed by atoms with Crippen LogP contribution in [0.1, 0.15) is 43.0 Å². The number of benzene rings is 2. The van der Waals surface area contributed by atoms with Crippen molar-refractivity contribution in [3.05, 3.63) is 72.3 Å². The summed E-state index contributed by atoms with van der Waals surface area (Å²) < 4.78 is 11.0. The fourth-order valence-corrected chi connectivity index (χ4v) is 4.31. The molecule has 0 aliphatic heterocycles. The SMILES string of the molecule is CCOCCC(=O)C=CC1CCC(O)C1(CC(=O)O)OC(=O)c1cccc(-c2ccccc2)c1. The molecule has 2 aromatic rings. The number of ether oxygens (including phenoxy) is 2. The number of hydrogen-bond acceptors (Lipinski definition) is 6. The summed E-state index contributed by atoms with van der Waals surface area (Å²) >= 11 is 0. The van der Waals surface area contributed by atoms with Crippen LogP contribution in [0.4, 0.5) is 0 Å². The zero-order chi connectivity index (χ0) is 24.6. The Bertz CT molecular complexity index is 1030. The molecule has 0 radical (unpaired) electrons. The van der Waals surface area contributed by atoms with E-state index in [1.165, 1.54) is 6.08 Å². The molecular weight excluding hydrogens is 436 g/mol. The molecule has 1 aliphatic rings. The highest BCUT2D eigenvalue weighted by molar-refractivity contribution is 5.92. The number of aliphatic carboxylic acids is 1. The molecule has 34 heavy (non-hydrogen) atoms. The standard InChI is InChI=1S/C27H30O7/c1-2-33-16-15-23(28)13-11-22-12-14-24(29)27(22,18-25(30)31)34-26(32)21-10-6-9-20(17-21)19-7-4-3-5-8-19/h3-11,13,17,22,24,29H,2,12,14-16,18H2,1H3,(H,30,31). The molecule has 0 bridgehead atoms. The highest BCUT2D eigenvalue weighted by Gasteiger charge is 2.53. The van der Waals surface area contributed by atoms with E-state index in [0.717, 1.165) is 11.1 Å². The van der Waals surface area contributed by atoms with E-state index in [1.54, 1.807) is 24.3 Å². The minimum absolute atomic E-state index is 0.180. The number of carbonyl (C=O) groups is 3. The van der Waals surface area contributed by atoms with E-state index in [2.05, 4.69) is 0 Å². The number of carbonyl (C=O) groups excluding carboxylic acids is 2. The number of esters is 1. The van der Waals surface area contributed by atoms with Crippen molar-refractivity contribution < 1.29 is 34.1 Å². The van der Waals surface area contributed by atoms with Gasteiger partial charge in [-0.1, -0.05) is 48.5 Å². The maximum absolute atomic E-state index is 13.1. The van der Waals surface area contributed by atoms with E-state index >= 15 is 0 Å². The summed E-state index contributed by atoms with van der Waals surface area (Å²) in [6.45, 7) is 2.64. The van der Waals surface area contributed by atoms with Gasteiger partial charge in [0.1, 0.15) is 0 Å². The normalized spacial score (nSPS) is 22.1. The van der Waals surface area contributed by atoms with Gasteiger partial charge in [0.25, 0.3) is 0 Å². The van der Waals surface area contributed by atoms with Crippen molar-refractivity contribution in [1.29, 1.82) is 0 Å². The zero-order valence-electron chi connectivity index (χ0n) is 19.2. The lowest BCUT2D eigenvalue weighted by molar-refractivity contribution is -0.150. The average Bonchev–Trinajstić information content (AvgIpc) is 3.12. The second-order valence-corrected chi connectivity index (χ2v) is 8.33. The first-order chi connectivity index (χ1) is 16.4. The second kappa shape index (κ2) is 11.7. The van der Waals surface area contributed by atoms with Gasteiger partial charge in [-0.05, 0) is 49.1 Å². The van der Waals surface area contributed by atoms with Crippen LogP contribution in [0.5, 0.6) is 0 Å². The van der Waals surface area contributed by atoms with Gasteiger partial charge in [0, 0.05) is 18.9 Å². The van der Waals surface area contributed by atoms with Gasteiger partial charge in [0.2, 0.25) is 0 Å². The molecule has 0 amide bonds. The number of carboxylic acids is 1. The fourth-order valence-electron chi connectivity index (χ4n) is 4.31. The Morgan fingerprint density at radius 2 is 1.79 bits per heavy atom. The predicted octanol–water partition coefficient (Wildman–Crippen LogP) is 4.05. The van der Waals surface area contributed by atoms with Gasteiger partial charge in [0.15, 0.2) is 11.4 Å². The lowest BCUT2D eigenvalue weighted by Gasteiger charge is -2.35. The number of rotatable bonds is 11. The molecule has 1 fully saturated rings. The summed E-state index contributed by atoms with van der Waals surface area (Å²) in [6.07, 6.45) is 2.02. The Balaban J connectivity index is 1.84. The van der Waals surface area contributed by atoms with Gasteiger partial charge >= 0.3 is 11.9 Å². The third-order valence-corrected chi connectivity index (χ3v) is 6.07. The van der Waals surface area contributed by atoms with Crippen LogP contribution >= 0.6 is 0 Å². The van der Waals surface area contributed by atoms with Crippen molar-refractivity contribution in [3.8, 4) is 11.1 Å². The second-order valence-electron chi connectivity index (χ2n) is 8.33. The first-order valence-corrected chi connectivity index (χ1v) is 11.4. The Morgan fingerprint density at radius 1 is 1.06 bits per heavy atom. The minimum Gasteiger partial charge on any atom is -0.481 e. The van der Waals surface area contributed by atoms with Crippen LogP contribution in [0, 0.1) is 5.92 Å². The number of aliphatic hydroxyl groups is 1. The number of allylic oxidation sites excluding steroid dienone is 1. The third kappa shape index (κ3) is 6.18. The van der Waals surface area contributed by atoms with Gasteiger partial charge in [-0.25, -0.2) is 4.79 Å². The van der Waals surface area contributed by atoms with Crippen LogP contribution in [0.15, 0.2) is 66.7 Å². The Hall–Kier alpha value is -3.29. The molecule has 1 saturated carbocycles. The first kappa shape index (κ1) is 25.3. The molecule has 0 heterocycles. The van der Waals surface area contributed by atoms with Crippen molar-refractivity contribution >= 4 is 17.7 Å². The van der Waals surface area contributed by atoms with Crippen LogP contribution in [-0.4, -0.2) is 52.9 Å². The van der Waals surface area contributed by atoms with Gasteiger partial charge in [0.05, 0.1) is 24.7 Å². The average molecular weight is 467 g/mol. The maximum atomic E-state index is 13.1. The van der Waals surface area contributed by atoms with Crippen molar-refractivity contribution in [2.24, 2.45) is 5.92 Å². The molecule has 3 atom stereocenters. The fraction of sp³-hybridized carbons (Fsp3) is 0.370. The highest BCUT2D eigenvalue weighted by Crippen LogP contribution is 2.43. The lowest BCUT2D eigenvalue weighted by atomic mass is 9.85. The highest BCUT2D eigenvalue weighted by atomic mass is 16.6. The smallest absolute Gasteiger partial charge is 0.338 e. The van der Waals surface area contributed by atoms with Crippen LogP contribution in [-0.2, 0) is 19.1 Å². The minimum atomic E-state index is -1.66. The molecule has 7 nitrogen and oxygen atoms in total. The number of aliphatic hydroxyl groups excluding tert-OH is 1. The molecule has 3 unspecified atom stereocenters. The third-order valence-electron chi connectivity index (χ3n) is 6.07. The van der Waals surface area contributed by atoms with Crippen molar-refractivity contribution in [3.63, 3.8) is 0 Å². The Labute approximate surface area is 199 Å². The topological polar surface area (TPSA) is 110 Å². The molecular formula is C27H30O7. The molecule has 2 aromatic carbocycles. The van der Waals surface area contributed by atoms with Crippen molar-refractivity contribution in [2.45, 2.75) is 44.3 Å². The van der Waals surface area contributed by atoms with Crippen molar-refractivity contribution in [2.75, 3.05) is 13.2 Å². The molecule has 1 aliphatic carbocycles. The van der Waals surface area contributed by atoms with Gasteiger partial charge in [-0.15, -0.1) is 0 Å². The van der Waals surface area contributed by atoms with E-state index in [1.807, 2.05) is 43.3 Å². The summed E-state index contributed by atoms with van der Waals surface area (Å²) in [5, 5.41) is 20.3. The Morgan fingerprint density at radius 3 is 2.50 bits per heavy atom. The summed E-state index contributed by atoms with van der Waals surface area (Å²) in [5.41, 5.74) is 0.318. The van der Waals surface area contributed by atoms with E-state index < -0.39 is 36.0 Å². The summed E-state index contributed by atoms with van der Waals surface area (Å²) in [6, 6.07) is 16.4. The maximum Gasteiger partial charge on any atom is 0.338 e. The number of hydrogen-bond donors (Lipinski definition) is 2. The molecule has 0 saturated heterocycles. The summed E-state index contributed by atoms with van der Waals surface area (Å²) in [5.74, 6) is -2.72. The van der Waals surface area contributed by atoms with Crippen molar-refractivity contribution in [1.82, 2.24) is 0 Å². The van der Waals surface area contributed by atoms with E-state index in [9.17, 15) is 24.6 Å². The molecule has 180 valence electrons. The predicted molar refractivity (Wildman–Crippen MR) is 126 cm³/mol. The van der Waals surface area contributed by atoms with Gasteiger partial charge in [-0.2, -0.15) is 0 Å². The summed E-state index contributed by atoms with van der Waals surface area (Å²) in [7, 11) is 0. The first-order valence-electron chi connectivity index (χ1n) is 11.4. The monoisotopic (exact) mass is 466 g/mol. The van der Waals surface area contributed by atoms with Crippen LogP contribution in [0.3, 0.4) is 0 Å². The zero-order valence-corrected chi connectivity index (χ0v) is 19.2. The molecule has 0 aromatic heterocycles. The number of ketones is 1. The van der Waals surface area contributed by atoms with E-state index in [0.29, 0.717) is 19.6 Å². The lowest BCUT2D eigenvalue weighted by Crippen LogP contribution is -2.48.